The number of hydrogen-bond donors (Lipinski definition) is 0. The van der Waals surface area contributed by atoms with Gasteiger partial charge in [-0.3, -0.25) is 13.6 Å². The lowest BCUT2D eigenvalue weighted by Crippen LogP contribution is -2.62. The Hall–Kier alpha value is -3.37. The third-order valence-electron chi connectivity index (χ3n) is 8.30. The minimum Gasteiger partial charge on any atom is -0.482 e. The molecular formula is C41H51O9P. The Morgan fingerprint density at radius 1 is 0.588 bits per heavy atom. The van der Waals surface area contributed by atoms with Crippen LogP contribution in [-0.4, -0.2) is 50.5 Å². The van der Waals surface area contributed by atoms with Crippen LogP contribution in [0.4, 0.5) is 0 Å². The minimum atomic E-state index is -4.12. The van der Waals surface area contributed by atoms with E-state index in [2.05, 4.69) is 0 Å². The highest BCUT2D eigenvalue weighted by atomic mass is 31.2. The van der Waals surface area contributed by atoms with Crippen molar-refractivity contribution in [3.05, 3.63) is 138 Å². The van der Waals surface area contributed by atoms with Gasteiger partial charge in [0.1, 0.15) is 24.1 Å². The quantitative estimate of drug-likeness (QED) is 0.0583. The second-order valence-corrected chi connectivity index (χ2v) is 14.0. The number of phosphoric acid groups is 1. The van der Waals surface area contributed by atoms with Crippen LogP contribution in [0.1, 0.15) is 56.2 Å². The van der Waals surface area contributed by atoms with Gasteiger partial charge in [0.05, 0.1) is 39.6 Å². The van der Waals surface area contributed by atoms with Crippen LogP contribution in [0.3, 0.4) is 0 Å². The molecule has 10 heteroatoms. The van der Waals surface area contributed by atoms with Crippen LogP contribution in [0, 0.1) is 0 Å². The topological polar surface area (TPSA) is 90.9 Å². The van der Waals surface area contributed by atoms with E-state index < -0.39 is 38.5 Å². The number of hydrogen-bond acceptors (Lipinski definition) is 9. The van der Waals surface area contributed by atoms with Gasteiger partial charge in [0, 0.05) is 0 Å². The Bertz CT molecular complexity index is 1530. The second-order valence-electron chi connectivity index (χ2n) is 12.4. The van der Waals surface area contributed by atoms with Crippen molar-refractivity contribution in [1.82, 2.24) is 0 Å². The van der Waals surface area contributed by atoms with Crippen molar-refractivity contribution in [2.75, 3.05) is 19.8 Å². The standard InChI is InChI=1S/C41H51O9P/c1-3-5-27-46-51(42,47-28-6-4-2)50-41-40(48-36-25-17-10-18-26-36)39(45-31-35-23-15-9-16-24-35)38(44-30-34-21-13-8-14-22-34)37(49-41)32-43-29-33-19-11-7-12-20-33/h7-26,37-41H,3-6,27-32H2,1-2H3/t37?,38-,39?,40?,41?/m0/s1. The summed E-state index contributed by atoms with van der Waals surface area (Å²) in [6, 6.07) is 39.1. The fourth-order valence-electron chi connectivity index (χ4n) is 5.54. The highest BCUT2D eigenvalue weighted by Crippen LogP contribution is 2.52. The lowest BCUT2D eigenvalue weighted by atomic mass is 9.98. The Kier molecular flexibility index (Phi) is 16.2. The van der Waals surface area contributed by atoms with Crippen LogP contribution in [0.25, 0.3) is 0 Å². The zero-order valence-corrected chi connectivity index (χ0v) is 30.5. The summed E-state index contributed by atoms with van der Waals surface area (Å²) in [7, 11) is -4.12. The van der Waals surface area contributed by atoms with Crippen molar-refractivity contribution < 1.29 is 41.8 Å². The average Bonchev–Trinajstić information content (AvgIpc) is 3.16. The van der Waals surface area contributed by atoms with Crippen molar-refractivity contribution in [1.29, 1.82) is 0 Å². The van der Waals surface area contributed by atoms with Gasteiger partial charge in [-0.15, -0.1) is 0 Å². The molecule has 1 fully saturated rings. The molecule has 9 nitrogen and oxygen atoms in total. The summed E-state index contributed by atoms with van der Waals surface area (Å²) in [6.45, 7) is 5.51. The largest absolute Gasteiger partial charge is 0.482 e. The molecule has 1 heterocycles. The summed E-state index contributed by atoms with van der Waals surface area (Å²) in [4.78, 5) is 0. The summed E-state index contributed by atoms with van der Waals surface area (Å²) >= 11 is 0. The number of phosphoric ester groups is 1. The minimum absolute atomic E-state index is 0.134. The monoisotopic (exact) mass is 718 g/mol. The van der Waals surface area contributed by atoms with Crippen LogP contribution in [0.2, 0.25) is 0 Å². The van der Waals surface area contributed by atoms with Crippen LogP contribution < -0.4 is 4.74 Å². The Morgan fingerprint density at radius 3 is 1.57 bits per heavy atom. The number of unbranched alkanes of at least 4 members (excludes halogenated alkanes) is 2. The first kappa shape index (κ1) is 38.9. The van der Waals surface area contributed by atoms with Crippen molar-refractivity contribution in [2.24, 2.45) is 0 Å². The highest BCUT2D eigenvalue weighted by Gasteiger charge is 2.52. The molecule has 51 heavy (non-hydrogen) atoms. The molecule has 4 aromatic rings. The zero-order valence-electron chi connectivity index (χ0n) is 29.6. The van der Waals surface area contributed by atoms with Gasteiger partial charge < -0.3 is 23.7 Å². The Balaban J connectivity index is 1.50. The summed E-state index contributed by atoms with van der Waals surface area (Å²) in [5.74, 6) is 0.558. The van der Waals surface area contributed by atoms with E-state index in [1.807, 2.05) is 135 Å². The lowest BCUT2D eigenvalue weighted by molar-refractivity contribution is -0.297. The fraction of sp³-hybridized carbons (Fsp3) is 0.415. The van der Waals surface area contributed by atoms with Gasteiger partial charge in [-0.25, -0.2) is 4.57 Å². The molecule has 1 aliphatic heterocycles. The average molecular weight is 719 g/mol. The van der Waals surface area contributed by atoms with Crippen molar-refractivity contribution >= 4 is 7.82 Å². The van der Waals surface area contributed by atoms with Crippen molar-refractivity contribution in [3.8, 4) is 5.75 Å². The summed E-state index contributed by atoms with van der Waals surface area (Å²) < 4.78 is 65.4. The maximum atomic E-state index is 14.3. The molecule has 1 aliphatic rings. The van der Waals surface area contributed by atoms with Crippen molar-refractivity contribution in [2.45, 2.75) is 90.1 Å². The van der Waals surface area contributed by atoms with Gasteiger partial charge in [-0.05, 0) is 41.7 Å². The van der Waals surface area contributed by atoms with E-state index in [1.54, 1.807) is 0 Å². The van der Waals surface area contributed by atoms with E-state index in [9.17, 15) is 4.57 Å². The first-order chi connectivity index (χ1) is 25.1. The van der Waals surface area contributed by atoms with Gasteiger partial charge in [0.15, 0.2) is 6.10 Å². The molecule has 5 atom stereocenters. The number of para-hydroxylation sites is 1. The highest BCUT2D eigenvalue weighted by molar-refractivity contribution is 7.48. The zero-order chi connectivity index (χ0) is 35.6. The first-order valence-corrected chi connectivity index (χ1v) is 19.4. The first-order valence-electron chi connectivity index (χ1n) is 17.9. The van der Waals surface area contributed by atoms with Crippen LogP contribution in [0.15, 0.2) is 121 Å². The van der Waals surface area contributed by atoms with Gasteiger partial charge in [-0.2, -0.15) is 0 Å². The molecule has 0 aliphatic carbocycles. The molecule has 274 valence electrons. The van der Waals surface area contributed by atoms with Crippen LogP contribution in [0.5, 0.6) is 5.75 Å². The second kappa shape index (κ2) is 21.2. The normalized spacial score (nSPS) is 20.6. The fourth-order valence-corrected chi connectivity index (χ4v) is 6.86. The van der Waals surface area contributed by atoms with E-state index in [4.69, 9.17) is 37.3 Å². The van der Waals surface area contributed by atoms with E-state index in [-0.39, 0.29) is 33.0 Å². The van der Waals surface area contributed by atoms with Crippen molar-refractivity contribution in [3.63, 3.8) is 0 Å². The molecule has 0 saturated carbocycles. The molecule has 0 spiro atoms. The van der Waals surface area contributed by atoms with Crippen LogP contribution >= 0.6 is 7.82 Å². The molecule has 4 unspecified atom stereocenters. The predicted molar refractivity (Wildman–Crippen MR) is 196 cm³/mol. The third kappa shape index (κ3) is 12.7. The molecule has 0 N–H and O–H groups in total. The number of rotatable bonds is 22. The van der Waals surface area contributed by atoms with E-state index in [0.717, 1.165) is 29.5 Å². The summed E-state index contributed by atoms with van der Waals surface area (Å²) in [5, 5.41) is 0. The molecule has 0 radical (unpaired) electrons. The molecule has 0 bridgehead atoms. The van der Waals surface area contributed by atoms with E-state index in [1.165, 1.54) is 0 Å². The van der Waals surface area contributed by atoms with Gasteiger partial charge in [0.2, 0.25) is 6.29 Å². The van der Waals surface area contributed by atoms with E-state index in [0.29, 0.717) is 25.2 Å². The maximum absolute atomic E-state index is 14.3. The van der Waals surface area contributed by atoms with Gasteiger partial charge >= 0.3 is 7.82 Å². The maximum Gasteiger partial charge on any atom is 0.477 e. The Morgan fingerprint density at radius 2 is 1.06 bits per heavy atom. The lowest BCUT2D eigenvalue weighted by Gasteiger charge is -2.46. The SMILES string of the molecule is CCCCOP(=O)(OCCCC)OC1OC(COCc2ccccc2)[C@H](OCc2ccccc2)C(OCc2ccccc2)C1Oc1ccccc1. The van der Waals surface area contributed by atoms with E-state index >= 15 is 0 Å². The van der Waals surface area contributed by atoms with Gasteiger partial charge in [0.25, 0.3) is 0 Å². The molecule has 4 aromatic carbocycles. The smallest absolute Gasteiger partial charge is 0.477 e. The number of benzene rings is 4. The molecule has 5 rings (SSSR count). The molecule has 0 amide bonds. The Labute approximate surface area is 302 Å². The molecule has 0 aromatic heterocycles. The van der Waals surface area contributed by atoms with Crippen LogP contribution in [-0.2, 0) is 56.9 Å². The predicted octanol–water partition coefficient (Wildman–Crippen LogP) is 9.30. The third-order valence-corrected chi connectivity index (χ3v) is 9.76. The number of ether oxygens (including phenoxy) is 5. The molecular weight excluding hydrogens is 667 g/mol. The summed E-state index contributed by atoms with van der Waals surface area (Å²) in [6.07, 6.45) is -1.25. The summed E-state index contributed by atoms with van der Waals surface area (Å²) in [5.41, 5.74) is 2.97. The molecule has 1 saturated heterocycles. The van der Waals surface area contributed by atoms with Gasteiger partial charge in [-0.1, -0.05) is 136 Å².